The molecule has 3 heteroatoms. The van der Waals surface area contributed by atoms with Crippen molar-refractivity contribution in [3.63, 3.8) is 0 Å². The molecule has 0 saturated heterocycles. The third-order valence-electron chi connectivity index (χ3n) is 4.75. The number of rotatable bonds is 3. The fourth-order valence-corrected chi connectivity index (χ4v) is 2.98. The van der Waals surface area contributed by atoms with Gasteiger partial charge in [-0.15, -0.1) is 0 Å². The summed E-state index contributed by atoms with van der Waals surface area (Å²) >= 11 is 0. The molecule has 20 heavy (non-hydrogen) atoms. The summed E-state index contributed by atoms with van der Waals surface area (Å²) in [5, 5.41) is 3.21. The van der Waals surface area contributed by atoms with E-state index in [1.54, 1.807) is 0 Å². The number of carbonyl (C=O) groups excluding carboxylic acids is 1. The van der Waals surface area contributed by atoms with Crippen LogP contribution in [0, 0.1) is 11.8 Å². The molecule has 0 bridgehead atoms. The van der Waals surface area contributed by atoms with E-state index in [0.29, 0.717) is 17.6 Å². The zero-order valence-corrected chi connectivity index (χ0v) is 12.7. The summed E-state index contributed by atoms with van der Waals surface area (Å²) in [5.41, 5.74) is 7.48. The molecule has 1 saturated carbocycles. The van der Waals surface area contributed by atoms with Crippen molar-refractivity contribution < 1.29 is 4.79 Å². The number of nitrogens with one attached hydrogen (secondary N) is 1. The smallest absolute Gasteiger partial charge is 0.227 e. The SMILES string of the molecule is CC(C(=O)NC1CCC(C)C(C)C1)c1cccc(N)c1. The van der Waals surface area contributed by atoms with E-state index in [1.807, 2.05) is 31.2 Å². The zero-order valence-electron chi connectivity index (χ0n) is 12.7. The Bertz CT molecular complexity index is 472. The predicted octanol–water partition coefficient (Wildman–Crippen LogP) is 3.31. The van der Waals surface area contributed by atoms with Crippen LogP contribution < -0.4 is 11.1 Å². The van der Waals surface area contributed by atoms with Crippen LogP contribution in [0.1, 0.15) is 51.5 Å². The first kappa shape index (κ1) is 14.9. The van der Waals surface area contributed by atoms with Crippen LogP contribution in [-0.4, -0.2) is 11.9 Å². The van der Waals surface area contributed by atoms with Gasteiger partial charge in [0, 0.05) is 11.7 Å². The largest absolute Gasteiger partial charge is 0.399 e. The van der Waals surface area contributed by atoms with Crippen molar-refractivity contribution in [3.8, 4) is 0 Å². The summed E-state index contributed by atoms with van der Waals surface area (Å²) in [4.78, 5) is 12.4. The standard InChI is InChI=1S/C17H26N2O/c1-11-7-8-16(9-12(11)2)19-17(20)13(3)14-5-4-6-15(18)10-14/h4-6,10-13,16H,7-9,18H2,1-3H3,(H,19,20). The monoisotopic (exact) mass is 274 g/mol. The fraction of sp³-hybridized carbons (Fsp3) is 0.588. The van der Waals surface area contributed by atoms with Crippen LogP contribution in [0.5, 0.6) is 0 Å². The minimum Gasteiger partial charge on any atom is -0.399 e. The number of carbonyl (C=O) groups is 1. The molecule has 1 aromatic rings. The van der Waals surface area contributed by atoms with Crippen LogP contribution >= 0.6 is 0 Å². The molecule has 1 aliphatic carbocycles. The van der Waals surface area contributed by atoms with Gasteiger partial charge in [0.2, 0.25) is 5.91 Å². The van der Waals surface area contributed by atoms with Gasteiger partial charge in [0.15, 0.2) is 0 Å². The number of anilines is 1. The molecule has 4 atom stereocenters. The van der Waals surface area contributed by atoms with E-state index < -0.39 is 0 Å². The van der Waals surface area contributed by atoms with Crippen molar-refractivity contribution in [1.29, 1.82) is 0 Å². The average Bonchev–Trinajstić information content (AvgIpc) is 2.42. The highest BCUT2D eigenvalue weighted by molar-refractivity contribution is 5.83. The molecule has 0 heterocycles. The predicted molar refractivity (Wildman–Crippen MR) is 83.4 cm³/mol. The minimum atomic E-state index is -0.145. The molecule has 1 fully saturated rings. The molecular weight excluding hydrogens is 248 g/mol. The van der Waals surface area contributed by atoms with Crippen molar-refractivity contribution >= 4 is 11.6 Å². The van der Waals surface area contributed by atoms with Crippen LogP contribution in [0.15, 0.2) is 24.3 Å². The number of hydrogen-bond donors (Lipinski definition) is 2. The molecule has 0 spiro atoms. The van der Waals surface area contributed by atoms with Crippen LogP contribution in [0.2, 0.25) is 0 Å². The van der Waals surface area contributed by atoms with Crippen LogP contribution in [0.25, 0.3) is 0 Å². The molecule has 1 aliphatic rings. The lowest BCUT2D eigenvalue weighted by Crippen LogP contribution is -2.41. The number of nitrogen functional groups attached to an aromatic ring is 1. The summed E-state index contributed by atoms with van der Waals surface area (Å²) in [6, 6.07) is 7.93. The lowest BCUT2D eigenvalue weighted by Gasteiger charge is -2.33. The van der Waals surface area contributed by atoms with Crippen LogP contribution in [0.4, 0.5) is 5.69 Å². The molecule has 0 aliphatic heterocycles. The third kappa shape index (κ3) is 3.53. The van der Waals surface area contributed by atoms with Crippen molar-refractivity contribution in [2.45, 2.75) is 52.0 Å². The van der Waals surface area contributed by atoms with Gasteiger partial charge in [-0.3, -0.25) is 4.79 Å². The van der Waals surface area contributed by atoms with Crippen molar-refractivity contribution in [2.75, 3.05) is 5.73 Å². The van der Waals surface area contributed by atoms with Gasteiger partial charge in [0.05, 0.1) is 5.92 Å². The lowest BCUT2D eigenvalue weighted by atomic mass is 9.79. The second kappa shape index (κ2) is 6.29. The molecule has 0 aromatic heterocycles. The van der Waals surface area contributed by atoms with E-state index in [-0.39, 0.29) is 11.8 Å². The maximum Gasteiger partial charge on any atom is 0.227 e. The Labute approximate surface area is 121 Å². The van der Waals surface area contributed by atoms with Gasteiger partial charge in [-0.25, -0.2) is 0 Å². The minimum absolute atomic E-state index is 0.113. The Morgan fingerprint density at radius 1 is 1.30 bits per heavy atom. The van der Waals surface area contributed by atoms with E-state index in [2.05, 4.69) is 19.2 Å². The average molecular weight is 274 g/mol. The first-order valence-corrected chi connectivity index (χ1v) is 7.63. The Balaban J connectivity index is 1.94. The second-order valence-electron chi connectivity index (χ2n) is 6.36. The first-order valence-electron chi connectivity index (χ1n) is 7.63. The maximum absolute atomic E-state index is 12.4. The van der Waals surface area contributed by atoms with E-state index >= 15 is 0 Å². The zero-order chi connectivity index (χ0) is 14.7. The first-order chi connectivity index (χ1) is 9.47. The molecule has 4 unspecified atom stereocenters. The van der Waals surface area contributed by atoms with Gasteiger partial charge in [-0.2, -0.15) is 0 Å². The Kier molecular flexibility index (Phi) is 4.69. The summed E-state index contributed by atoms with van der Waals surface area (Å²) in [6.45, 7) is 6.53. The van der Waals surface area contributed by atoms with Gasteiger partial charge < -0.3 is 11.1 Å². The quantitative estimate of drug-likeness (QED) is 0.831. The number of hydrogen-bond acceptors (Lipinski definition) is 2. The van der Waals surface area contributed by atoms with Gasteiger partial charge in [0.25, 0.3) is 0 Å². The van der Waals surface area contributed by atoms with E-state index in [0.717, 1.165) is 24.3 Å². The Morgan fingerprint density at radius 2 is 2.05 bits per heavy atom. The molecular formula is C17H26N2O. The normalized spacial score (nSPS) is 27.9. The molecule has 2 rings (SSSR count). The molecule has 110 valence electrons. The fourth-order valence-electron chi connectivity index (χ4n) is 2.98. The van der Waals surface area contributed by atoms with Gasteiger partial charge in [-0.05, 0) is 55.7 Å². The second-order valence-corrected chi connectivity index (χ2v) is 6.36. The summed E-state index contributed by atoms with van der Waals surface area (Å²) < 4.78 is 0. The van der Waals surface area contributed by atoms with Crippen LogP contribution in [0.3, 0.4) is 0 Å². The number of nitrogens with two attached hydrogens (primary N) is 1. The van der Waals surface area contributed by atoms with E-state index in [4.69, 9.17) is 5.73 Å². The van der Waals surface area contributed by atoms with Gasteiger partial charge in [-0.1, -0.05) is 26.0 Å². The third-order valence-corrected chi connectivity index (χ3v) is 4.75. The van der Waals surface area contributed by atoms with E-state index in [1.165, 1.54) is 6.42 Å². The Hall–Kier alpha value is -1.51. The molecule has 1 amide bonds. The molecule has 3 N–H and O–H groups in total. The molecule has 1 aromatic carbocycles. The highest BCUT2D eigenvalue weighted by atomic mass is 16.1. The van der Waals surface area contributed by atoms with Crippen molar-refractivity contribution in [1.82, 2.24) is 5.32 Å². The summed E-state index contributed by atoms with van der Waals surface area (Å²) in [5.74, 6) is 1.43. The number of benzene rings is 1. The van der Waals surface area contributed by atoms with Gasteiger partial charge >= 0.3 is 0 Å². The highest BCUT2D eigenvalue weighted by Crippen LogP contribution is 2.29. The van der Waals surface area contributed by atoms with Crippen molar-refractivity contribution in [2.24, 2.45) is 11.8 Å². The van der Waals surface area contributed by atoms with Crippen molar-refractivity contribution in [3.05, 3.63) is 29.8 Å². The molecule has 3 nitrogen and oxygen atoms in total. The van der Waals surface area contributed by atoms with E-state index in [9.17, 15) is 4.79 Å². The molecule has 0 radical (unpaired) electrons. The lowest BCUT2D eigenvalue weighted by molar-refractivity contribution is -0.123. The summed E-state index contributed by atoms with van der Waals surface area (Å²) in [6.07, 6.45) is 3.40. The van der Waals surface area contributed by atoms with Crippen LogP contribution in [-0.2, 0) is 4.79 Å². The maximum atomic E-state index is 12.4. The number of amides is 1. The summed E-state index contributed by atoms with van der Waals surface area (Å²) in [7, 11) is 0. The van der Waals surface area contributed by atoms with Gasteiger partial charge in [0.1, 0.15) is 0 Å². The Morgan fingerprint density at radius 3 is 2.70 bits per heavy atom. The topological polar surface area (TPSA) is 55.1 Å². The highest BCUT2D eigenvalue weighted by Gasteiger charge is 2.27.